The molecular formula is C18H13F4N3O3. The predicted molar refractivity (Wildman–Crippen MR) is 89.3 cm³/mol. The summed E-state index contributed by atoms with van der Waals surface area (Å²) in [6.45, 7) is -0.191. The van der Waals surface area contributed by atoms with Crippen molar-refractivity contribution in [2.45, 2.75) is 12.5 Å². The summed E-state index contributed by atoms with van der Waals surface area (Å²) in [5.74, 6) is 0.00762. The molecular weight excluding hydrogens is 382 g/mol. The highest BCUT2D eigenvalue weighted by Crippen LogP contribution is 2.25. The molecule has 1 aromatic heterocycles. The number of carbonyl (C=O) groups is 1. The van der Waals surface area contributed by atoms with E-state index in [1.54, 1.807) is 12.1 Å². The molecule has 28 heavy (non-hydrogen) atoms. The van der Waals surface area contributed by atoms with E-state index in [4.69, 9.17) is 0 Å². The molecule has 0 saturated heterocycles. The molecule has 0 amide bonds. The molecule has 146 valence electrons. The predicted octanol–water partition coefficient (Wildman–Crippen LogP) is 4.02. The molecule has 3 aromatic rings. The van der Waals surface area contributed by atoms with Crippen molar-refractivity contribution >= 4 is 6.47 Å². The van der Waals surface area contributed by atoms with Gasteiger partial charge in [-0.2, -0.15) is 0 Å². The lowest BCUT2D eigenvalue weighted by atomic mass is 10.1. The Kier molecular flexibility index (Phi) is 5.57. The summed E-state index contributed by atoms with van der Waals surface area (Å²) in [5.41, 5.74) is 1.44. The quantitative estimate of drug-likeness (QED) is 0.447. The van der Waals surface area contributed by atoms with E-state index in [1.165, 1.54) is 47.4 Å². The van der Waals surface area contributed by atoms with Crippen molar-refractivity contribution in [2.24, 2.45) is 0 Å². The molecule has 0 spiro atoms. The molecule has 0 fully saturated rings. The SMILES string of the molecule is O=COCC(F)c1ccc(-c2ncn(-c3ccc(OC(F)(F)F)cc3)n2)cc1. The van der Waals surface area contributed by atoms with Crippen LogP contribution in [-0.4, -0.2) is 34.2 Å². The lowest BCUT2D eigenvalue weighted by Crippen LogP contribution is -2.17. The summed E-state index contributed by atoms with van der Waals surface area (Å²) in [5, 5.41) is 4.26. The Morgan fingerprint density at radius 2 is 1.75 bits per heavy atom. The number of nitrogens with zero attached hydrogens (tertiary/aromatic N) is 3. The number of hydrogen-bond donors (Lipinski definition) is 0. The highest BCUT2D eigenvalue weighted by molar-refractivity contribution is 5.55. The Hall–Kier alpha value is -3.43. The molecule has 0 radical (unpaired) electrons. The number of halogens is 4. The second-order valence-corrected chi connectivity index (χ2v) is 5.57. The number of carbonyl (C=O) groups excluding carboxylic acids is 1. The van der Waals surface area contributed by atoms with E-state index in [0.717, 1.165) is 0 Å². The molecule has 1 atom stereocenters. The van der Waals surface area contributed by atoms with Crippen LogP contribution in [0.3, 0.4) is 0 Å². The van der Waals surface area contributed by atoms with Gasteiger partial charge in [0.05, 0.1) is 5.69 Å². The zero-order chi connectivity index (χ0) is 20.1. The molecule has 10 heteroatoms. The monoisotopic (exact) mass is 395 g/mol. The maximum absolute atomic E-state index is 13.8. The maximum Gasteiger partial charge on any atom is 0.573 e. The average molecular weight is 395 g/mol. The summed E-state index contributed by atoms with van der Waals surface area (Å²) in [6.07, 6.45) is -4.80. The molecule has 0 bridgehead atoms. The van der Waals surface area contributed by atoms with Gasteiger partial charge in [0, 0.05) is 5.56 Å². The third-order valence-electron chi connectivity index (χ3n) is 3.67. The van der Waals surface area contributed by atoms with Gasteiger partial charge in [0.2, 0.25) is 0 Å². The van der Waals surface area contributed by atoms with Gasteiger partial charge in [0.15, 0.2) is 12.0 Å². The second kappa shape index (κ2) is 8.07. The van der Waals surface area contributed by atoms with Crippen LogP contribution < -0.4 is 4.74 Å². The Labute approximate surface area is 156 Å². The van der Waals surface area contributed by atoms with Gasteiger partial charge >= 0.3 is 6.36 Å². The van der Waals surface area contributed by atoms with Crippen LogP contribution in [0.2, 0.25) is 0 Å². The fraction of sp³-hybridized carbons (Fsp3) is 0.167. The minimum Gasteiger partial charge on any atom is -0.464 e. The normalized spacial score (nSPS) is 12.4. The Morgan fingerprint density at radius 1 is 1.07 bits per heavy atom. The number of rotatable bonds is 7. The molecule has 0 N–H and O–H groups in total. The van der Waals surface area contributed by atoms with E-state index in [1.807, 2.05) is 0 Å². The summed E-state index contributed by atoms with van der Waals surface area (Å²) < 4.78 is 60.0. The van der Waals surface area contributed by atoms with E-state index in [0.29, 0.717) is 22.6 Å². The molecule has 0 aliphatic heterocycles. The van der Waals surface area contributed by atoms with Crippen LogP contribution in [0.1, 0.15) is 11.7 Å². The number of hydrogen-bond acceptors (Lipinski definition) is 5. The third-order valence-corrected chi connectivity index (χ3v) is 3.67. The van der Waals surface area contributed by atoms with E-state index in [-0.39, 0.29) is 18.8 Å². The molecule has 3 rings (SSSR count). The molecule has 0 saturated carbocycles. The summed E-state index contributed by atoms with van der Waals surface area (Å²) in [6, 6.07) is 11.4. The molecule has 1 heterocycles. The van der Waals surface area contributed by atoms with E-state index < -0.39 is 12.5 Å². The first-order valence-electron chi connectivity index (χ1n) is 7.93. The number of benzene rings is 2. The van der Waals surface area contributed by atoms with Crippen LogP contribution in [0.5, 0.6) is 5.75 Å². The van der Waals surface area contributed by atoms with Crippen LogP contribution in [-0.2, 0) is 9.53 Å². The number of aromatic nitrogens is 3. The zero-order valence-electron chi connectivity index (χ0n) is 14.1. The third kappa shape index (κ3) is 4.84. The van der Waals surface area contributed by atoms with Gasteiger partial charge in [0.25, 0.3) is 6.47 Å². The average Bonchev–Trinajstić information content (AvgIpc) is 3.16. The standard InChI is InChI=1S/C18H13F4N3O3/c19-16(9-27-11-26)12-1-3-13(4-2-12)17-23-10-25(24-17)14-5-7-15(8-6-14)28-18(20,21)22/h1-8,10-11,16H,9H2. The van der Waals surface area contributed by atoms with Gasteiger partial charge in [-0.05, 0) is 29.8 Å². The van der Waals surface area contributed by atoms with E-state index in [9.17, 15) is 22.4 Å². The highest BCUT2D eigenvalue weighted by atomic mass is 19.4. The van der Waals surface area contributed by atoms with Gasteiger partial charge in [-0.1, -0.05) is 24.3 Å². The van der Waals surface area contributed by atoms with Gasteiger partial charge < -0.3 is 9.47 Å². The molecule has 2 aromatic carbocycles. The fourth-order valence-corrected chi connectivity index (χ4v) is 2.38. The molecule has 1 unspecified atom stereocenters. The lowest BCUT2D eigenvalue weighted by molar-refractivity contribution is -0.274. The molecule has 0 aliphatic carbocycles. The van der Waals surface area contributed by atoms with Crippen molar-refractivity contribution in [3.63, 3.8) is 0 Å². The Bertz CT molecular complexity index is 924. The number of ether oxygens (including phenoxy) is 2. The molecule has 6 nitrogen and oxygen atoms in total. The van der Waals surface area contributed by atoms with Gasteiger partial charge in [0.1, 0.15) is 18.7 Å². The fourth-order valence-electron chi connectivity index (χ4n) is 2.38. The van der Waals surface area contributed by atoms with Gasteiger partial charge in [-0.25, -0.2) is 14.1 Å². The molecule has 0 aliphatic rings. The van der Waals surface area contributed by atoms with Crippen LogP contribution in [0.15, 0.2) is 54.9 Å². The summed E-state index contributed by atoms with van der Waals surface area (Å²) in [4.78, 5) is 14.3. The second-order valence-electron chi connectivity index (χ2n) is 5.57. The van der Waals surface area contributed by atoms with Crippen molar-refractivity contribution in [1.29, 1.82) is 0 Å². The minimum atomic E-state index is -4.76. The van der Waals surface area contributed by atoms with Crippen LogP contribution in [0.4, 0.5) is 17.6 Å². The van der Waals surface area contributed by atoms with Crippen LogP contribution in [0.25, 0.3) is 17.1 Å². The first kappa shape index (κ1) is 19.3. The van der Waals surface area contributed by atoms with Crippen LogP contribution >= 0.6 is 0 Å². The Balaban J connectivity index is 1.72. The highest BCUT2D eigenvalue weighted by Gasteiger charge is 2.31. The maximum atomic E-state index is 13.8. The van der Waals surface area contributed by atoms with Crippen molar-refractivity contribution in [3.8, 4) is 22.8 Å². The minimum absolute atomic E-state index is 0.180. The van der Waals surface area contributed by atoms with Crippen molar-refractivity contribution < 1.29 is 31.8 Å². The smallest absolute Gasteiger partial charge is 0.464 e. The summed E-state index contributed by atoms with van der Waals surface area (Å²) in [7, 11) is 0. The Morgan fingerprint density at radius 3 is 2.36 bits per heavy atom. The lowest BCUT2D eigenvalue weighted by Gasteiger charge is -2.09. The van der Waals surface area contributed by atoms with E-state index in [2.05, 4.69) is 19.6 Å². The summed E-state index contributed by atoms with van der Waals surface area (Å²) >= 11 is 0. The van der Waals surface area contributed by atoms with Crippen molar-refractivity contribution in [3.05, 3.63) is 60.4 Å². The van der Waals surface area contributed by atoms with Crippen molar-refractivity contribution in [2.75, 3.05) is 6.61 Å². The zero-order valence-corrected chi connectivity index (χ0v) is 14.1. The topological polar surface area (TPSA) is 66.2 Å². The van der Waals surface area contributed by atoms with Gasteiger partial charge in [-0.3, -0.25) is 4.79 Å². The van der Waals surface area contributed by atoms with Gasteiger partial charge in [-0.15, -0.1) is 18.3 Å². The number of alkyl halides is 4. The first-order chi connectivity index (χ1) is 13.4. The first-order valence-corrected chi connectivity index (χ1v) is 7.93. The van der Waals surface area contributed by atoms with E-state index >= 15 is 0 Å². The van der Waals surface area contributed by atoms with Crippen molar-refractivity contribution in [1.82, 2.24) is 14.8 Å². The van der Waals surface area contributed by atoms with Crippen LogP contribution in [0, 0.1) is 0 Å². The largest absolute Gasteiger partial charge is 0.573 e.